The molecule has 1 aliphatic rings. The van der Waals surface area contributed by atoms with Crippen LogP contribution in [-0.2, 0) is 4.74 Å². The zero-order chi connectivity index (χ0) is 13.3. The molecule has 0 saturated carbocycles. The van der Waals surface area contributed by atoms with Gasteiger partial charge in [-0.3, -0.25) is 0 Å². The average molecular weight is 270 g/mol. The molecule has 1 fully saturated rings. The van der Waals surface area contributed by atoms with Crippen molar-refractivity contribution in [2.45, 2.75) is 38.5 Å². The van der Waals surface area contributed by atoms with Gasteiger partial charge in [0.1, 0.15) is 11.9 Å². The van der Waals surface area contributed by atoms with Crippen LogP contribution in [0, 0.1) is 0 Å². The molecule has 1 aromatic carbocycles. The van der Waals surface area contributed by atoms with Crippen LogP contribution < -0.4 is 10.1 Å². The molecule has 0 bridgehead atoms. The predicted octanol–water partition coefficient (Wildman–Crippen LogP) is 3.18. The number of halogens is 1. The third-order valence-electron chi connectivity index (χ3n) is 3.19. The van der Waals surface area contributed by atoms with Crippen molar-refractivity contribution in [2.75, 3.05) is 13.7 Å². The summed E-state index contributed by atoms with van der Waals surface area (Å²) in [6.45, 7) is 7.05. The maximum atomic E-state index is 6.07. The molecule has 0 aliphatic carbocycles. The van der Waals surface area contributed by atoms with Gasteiger partial charge >= 0.3 is 0 Å². The average Bonchev–Trinajstić information content (AvgIpc) is 2.28. The van der Waals surface area contributed by atoms with Crippen LogP contribution >= 0.6 is 11.6 Å². The van der Waals surface area contributed by atoms with Crippen LogP contribution in [0.1, 0.15) is 32.4 Å². The zero-order valence-electron chi connectivity index (χ0n) is 11.3. The van der Waals surface area contributed by atoms with Crippen molar-refractivity contribution in [3.8, 4) is 5.75 Å². The molecule has 2 atom stereocenters. The Morgan fingerprint density at radius 3 is 2.78 bits per heavy atom. The maximum absolute atomic E-state index is 6.07. The lowest BCUT2D eigenvalue weighted by Gasteiger charge is -2.41. The lowest BCUT2D eigenvalue weighted by molar-refractivity contribution is -0.0504. The Morgan fingerprint density at radius 1 is 1.44 bits per heavy atom. The van der Waals surface area contributed by atoms with Crippen LogP contribution in [0.4, 0.5) is 0 Å². The number of nitrogens with one attached hydrogen (secondary N) is 1. The first-order chi connectivity index (χ1) is 8.43. The third kappa shape index (κ3) is 2.79. The molecule has 2 rings (SSSR count). The summed E-state index contributed by atoms with van der Waals surface area (Å²) in [6.07, 6.45) is -0.0355. The molecule has 1 aliphatic heterocycles. The number of morpholine rings is 1. The van der Waals surface area contributed by atoms with Crippen molar-refractivity contribution in [1.82, 2.24) is 5.32 Å². The Hall–Kier alpha value is -0.770. The van der Waals surface area contributed by atoms with Crippen LogP contribution in [0.2, 0.25) is 5.02 Å². The van der Waals surface area contributed by atoms with Gasteiger partial charge in [-0.25, -0.2) is 0 Å². The monoisotopic (exact) mass is 269 g/mol. The largest absolute Gasteiger partial charge is 0.496 e. The van der Waals surface area contributed by atoms with Crippen LogP contribution in [0.3, 0.4) is 0 Å². The van der Waals surface area contributed by atoms with Crippen LogP contribution in [0.15, 0.2) is 18.2 Å². The molecule has 1 aromatic rings. The number of rotatable bonds is 2. The standard InChI is InChI=1S/C14H20ClNO2/c1-9-13(18-8-14(2,3)16-9)11-7-10(15)5-6-12(11)17-4/h5-7,9,13,16H,8H2,1-4H3. The van der Waals surface area contributed by atoms with E-state index in [2.05, 4.69) is 26.1 Å². The Balaban J connectivity index is 2.29. The lowest BCUT2D eigenvalue weighted by Crippen LogP contribution is -2.55. The Labute approximate surface area is 113 Å². The minimum Gasteiger partial charge on any atom is -0.496 e. The molecule has 2 unspecified atom stereocenters. The van der Waals surface area contributed by atoms with E-state index in [0.29, 0.717) is 11.6 Å². The van der Waals surface area contributed by atoms with Gasteiger partial charge in [0.2, 0.25) is 0 Å². The molecule has 0 spiro atoms. The Kier molecular flexibility index (Phi) is 3.85. The van der Waals surface area contributed by atoms with E-state index in [-0.39, 0.29) is 17.7 Å². The van der Waals surface area contributed by atoms with Gasteiger partial charge in [-0.2, -0.15) is 0 Å². The fourth-order valence-corrected chi connectivity index (χ4v) is 2.64. The topological polar surface area (TPSA) is 30.5 Å². The van der Waals surface area contributed by atoms with Crippen molar-refractivity contribution in [2.24, 2.45) is 0 Å². The molecule has 0 amide bonds. The molecule has 100 valence electrons. The van der Waals surface area contributed by atoms with E-state index in [1.54, 1.807) is 7.11 Å². The van der Waals surface area contributed by atoms with E-state index >= 15 is 0 Å². The first-order valence-electron chi connectivity index (χ1n) is 6.16. The number of hydrogen-bond donors (Lipinski definition) is 1. The molecule has 1 saturated heterocycles. The van der Waals surface area contributed by atoms with Crippen LogP contribution in [0.25, 0.3) is 0 Å². The zero-order valence-corrected chi connectivity index (χ0v) is 12.0. The van der Waals surface area contributed by atoms with E-state index < -0.39 is 0 Å². The highest BCUT2D eigenvalue weighted by atomic mass is 35.5. The molecular formula is C14H20ClNO2. The van der Waals surface area contributed by atoms with Gasteiger partial charge in [0.15, 0.2) is 0 Å². The molecule has 0 aromatic heterocycles. The second-order valence-corrected chi connectivity index (χ2v) is 5.87. The normalized spacial score (nSPS) is 26.9. The second kappa shape index (κ2) is 5.08. The summed E-state index contributed by atoms with van der Waals surface area (Å²) in [6, 6.07) is 5.84. The number of methoxy groups -OCH3 is 1. The van der Waals surface area contributed by atoms with Crippen molar-refractivity contribution in [1.29, 1.82) is 0 Å². The summed E-state index contributed by atoms with van der Waals surface area (Å²) in [5.74, 6) is 0.817. The second-order valence-electron chi connectivity index (χ2n) is 5.43. The first-order valence-corrected chi connectivity index (χ1v) is 6.53. The SMILES string of the molecule is COc1ccc(Cl)cc1C1OCC(C)(C)NC1C. The van der Waals surface area contributed by atoms with Crippen LogP contribution in [0.5, 0.6) is 5.75 Å². The first kappa shape index (κ1) is 13.7. The van der Waals surface area contributed by atoms with Gasteiger partial charge in [-0.05, 0) is 39.0 Å². The van der Waals surface area contributed by atoms with Crippen molar-refractivity contribution in [3.63, 3.8) is 0 Å². The summed E-state index contributed by atoms with van der Waals surface area (Å²) >= 11 is 6.07. The lowest BCUT2D eigenvalue weighted by atomic mass is 9.95. The summed E-state index contributed by atoms with van der Waals surface area (Å²) in [7, 11) is 1.66. The maximum Gasteiger partial charge on any atom is 0.124 e. The number of ether oxygens (including phenoxy) is 2. The van der Waals surface area contributed by atoms with Crippen molar-refractivity contribution >= 4 is 11.6 Å². The predicted molar refractivity (Wildman–Crippen MR) is 73.4 cm³/mol. The number of hydrogen-bond acceptors (Lipinski definition) is 3. The number of benzene rings is 1. The summed E-state index contributed by atoms with van der Waals surface area (Å²) in [4.78, 5) is 0. The van der Waals surface area contributed by atoms with Gasteiger partial charge < -0.3 is 14.8 Å². The fraction of sp³-hybridized carbons (Fsp3) is 0.571. The minimum absolute atomic E-state index is 0.00171. The van der Waals surface area contributed by atoms with Gasteiger partial charge in [0, 0.05) is 22.2 Å². The van der Waals surface area contributed by atoms with Crippen LogP contribution in [-0.4, -0.2) is 25.3 Å². The molecular weight excluding hydrogens is 250 g/mol. The van der Waals surface area contributed by atoms with E-state index in [1.165, 1.54) is 0 Å². The van der Waals surface area contributed by atoms with E-state index in [0.717, 1.165) is 11.3 Å². The molecule has 1 heterocycles. The molecule has 18 heavy (non-hydrogen) atoms. The highest BCUT2D eigenvalue weighted by molar-refractivity contribution is 6.30. The summed E-state index contributed by atoms with van der Waals surface area (Å²) in [5.41, 5.74) is 1.00. The van der Waals surface area contributed by atoms with Crippen molar-refractivity contribution in [3.05, 3.63) is 28.8 Å². The highest BCUT2D eigenvalue weighted by Crippen LogP contribution is 2.35. The van der Waals surface area contributed by atoms with Gasteiger partial charge in [0.25, 0.3) is 0 Å². The van der Waals surface area contributed by atoms with Gasteiger partial charge in [-0.15, -0.1) is 0 Å². The molecule has 4 heteroatoms. The highest BCUT2D eigenvalue weighted by Gasteiger charge is 2.34. The van der Waals surface area contributed by atoms with E-state index in [4.69, 9.17) is 21.1 Å². The molecule has 3 nitrogen and oxygen atoms in total. The smallest absolute Gasteiger partial charge is 0.124 e. The quantitative estimate of drug-likeness (QED) is 0.895. The summed E-state index contributed by atoms with van der Waals surface area (Å²) < 4.78 is 11.4. The Morgan fingerprint density at radius 2 is 2.17 bits per heavy atom. The third-order valence-corrected chi connectivity index (χ3v) is 3.43. The molecule has 0 radical (unpaired) electrons. The van der Waals surface area contributed by atoms with Crippen molar-refractivity contribution < 1.29 is 9.47 Å². The van der Waals surface area contributed by atoms with E-state index in [1.807, 2.05) is 18.2 Å². The molecule has 1 N–H and O–H groups in total. The fourth-order valence-electron chi connectivity index (χ4n) is 2.46. The van der Waals surface area contributed by atoms with E-state index in [9.17, 15) is 0 Å². The summed E-state index contributed by atoms with van der Waals surface area (Å²) in [5, 5.41) is 4.25. The Bertz CT molecular complexity index is 434. The van der Waals surface area contributed by atoms with Gasteiger partial charge in [-0.1, -0.05) is 11.6 Å². The van der Waals surface area contributed by atoms with Gasteiger partial charge in [0.05, 0.1) is 13.7 Å². The minimum atomic E-state index is -0.0355.